The van der Waals surface area contributed by atoms with E-state index in [2.05, 4.69) is 25.8 Å². The van der Waals surface area contributed by atoms with Crippen LogP contribution in [0.25, 0.3) is 11.3 Å². The van der Waals surface area contributed by atoms with Crippen LogP contribution in [0.1, 0.15) is 0 Å². The van der Waals surface area contributed by atoms with Gasteiger partial charge in [-0.15, -0.1) is 0 Å². The number of benzene rings is 1. The van der Waals surface area contributed by atoms with E-state index in [9.17, 15) is 0 Å². The molecular formula is C23H24Cl2N6O. The van der Waals surface area contributed by atoms with Crippen molar-refractivity contribution in [3.63, 3.8) is 0 Å². The zero-order valence-electron chi connectivity index (χ0n) is 17.6. The highest BCUT2D eigenvalue weighted by Gasteiger charge is 2.23. The predicted octanol–water partition coefficient (Wildman–Crippen LogP) is 4.01. The molecule has 0 N–H and O–H groups in total. The molecule has 166 valence electrons. The Bertz CT molecular complexity index is 1080. The number of nitrogens with zero attached hydrogens (tertiary/aromatic N) is 6. The number of morpholine rings is 1. The van der Waals surface area contributed by atoms with Gasteiger partial charge in [-0.3, -0.25) is 0 Å². The molecule has 3 aromatic rings. The molecule has 32 heavy (non-hydrogen) atoms. The topological polar surface area (TPSA) is 57.6 Å². The summed E-state index contributed by atoms with van der Waals surface area (Å²) in [6, 6.07) is 13.6. The first-order chi connectivity index (χ1) is 15.7. The molecule has 1 aromatic carbocycles. The van der Waals surface area contributed by atoms with Crippen LogP contribution in [0.3, 0.4) is 0 Å². The summed E-state index contributed by atoms with van der Waals surface area (Å²) in [5.74, 6) is 2.49. The summed E-state index contributed by atoms with van der Waals surface area (Å²) >= 11 is 12.6. The fourth-order valence-corrected chi connectivity index (χ4v) is 4.47. The largest absolute Gasteiger partial charge is 0.378 e. The Morgan fingerprint density at radius 1 is 0.781 bits per heavy atom. The third-order valence-electron chi connectivity index (χ3n) is 5.76. The van der Waals surface area contributed by atoms with Crippen molar-refractivity contribution in [1.82, 2.24) is 15.0 Å². The first-order valence-corrected chi connectivity index (χ1v) is 11.5. The van der Waals surface area contributed by atoms with Crippen molar-refractivity contribution < 1.29 is 4.74 Å². The molecule has 0 saturated carbocycles. The van der Waals surface area contributed by atoms with Crippen LogP contribution in [0.15, 0.2) is 48.7 Å². The average Bonchev–Trinajstić information content (AvgIpc) is 2.85. The number of hydrogen-bond acceptors (Lipinski definition) is 7. The maximum absolute atomic E-state index is 6.35. The molecule has 0 bridgehead atoms. The van der Waals surface area contributed by atoms with E-state index in [-0.39, 0.29) is 0 Å². The number of ether oxygens (including phenoxy) is 1. The van der Waals surface area contributed by atoms with Gasteiger partial charge in [0.15, 0.2) is 0 Å². The highest BCUT2D eigenvalue weighted by Crippen LogP contribution is 2.29. The predicted molar refractivity (Wildman–Crippen MR) is 129 cm³/mol. The Labute approximate surface area is 197 Å². The van der Waals surface area contributed by atoms with Crippen molar-refractivity contribution in [3.8, 4) is 11.3 Å². The Kier molecular flexibility index (Phi) is 6.30. The van der Waals surface area contributed by atoms with E-state index in [4.69, 9.17) is 37.9 Å². The van der Waals surface area contributed by atoms with Crippen LogP contribution in [0.4, 0.5) is 17.6 Å². The van der Waals surface area contributed by atoms with Gasteiger partial charge in [-0.25, -0.2) is 9.97 Å². The minimum Gasteiger partial charge on any atom is -0.378 e. The smallest absolute Gasteiger partial charge is 0.228 e. The van der Waals surface area contributed by atoms with Gasteiger partial charge >= 0.3 is 0 Å². The highest BCUT2D eigenvalue weighted by molar-refractivity contribution is 6.33. The number of pyridine rings is 1. The fourth-order valence-electron chi connectivity index (χ4n) is 4.04. The van der Waals surface area contributed by atoms with Gasteiger partial charge in [0.1, 0.15) is 11.6 Å². The van der Waals surface area contributed by atoms with Crippen LogP contribution >= 0.6 is 23.2 Å². The monoisotopic (exact) mass is 470 g/mol. The lowest BCUT2D eigenvalue weighted by molar-refractivity contribution is 0.122. The summed E-state index contributed by atoms with van der Waals surface area (Å²) in [6.45, 7) is 6.21. The Morgan fingerprint density at radius 3 is 2.31 bits per heavy atom. The van der Waals surface area contributed by atoms with Gasteiger partial charge in [0, 0.05) is 62.1 Å². The number of rotatable bonds is 4. The molecule has 5 rings (SSSR count). The van der Waals surface area contributed by atoms with E-state index >= 15 is 0 Å². The quantitative estimate of drug-likeness (QED) is 0.570. The lowest BCUT2D eigenvalue weighted by Gasteiger charge is -2.37. The number of aromatic nitrogens is 3. The van der Waals surface area contributed by atoms with E-state index in [0.717, 1.165) is 68.1 Å². The van der Waals surface area contributed by atoms with Crippen LogP contribution in [-0.2, 0) is 4.74 Å². The number of piperazine rings is 1. The summed E-state index contributed by atoms with van der Waals surface area (Å²) < 4.78 is 5.51. The fraction of sp³-hybridized carbons (Fsp3) is 0.348. The summed E-state index contributed by atoms with van der Waals surface area (Å²) in [7, 11) is 0. The minimum atomic E-state index is 0.681. The molecular weight excluding hydrogens is 447 g/mol. The average molecular weight is 471 g/mol. The van der Waals surface area contributed by atoms with Crippen molar-refractivity contribution >= 4 is 40.8 Å². The Morgan fingerprint density at radius 2 is 1.56 bits per heavy atom. The van der Waals surface area contributed by atoms with Crippen molar-refractivity contribution in [2.75, 3.05) is 67.2 Å². The molecule has 2 aromatic heterocycles. The third-order valence-corrected chi connectivity index (χ3v) is 6.29. The van der Waals surface area contributed by atoms with Crippen molar-refractivity contribution in [3.05, 3.63) is 58.7 Å². The molecule has 7 nitrogen and oxygen atoms in total. The van der Waals surface area contributed by atoms with Gasteiger partial charge < -0.3 is 19.4 Å². The Hall–Kier alpha value is -2.61. The maximum Gasteiger partial charge on any atom is 0.228 e. The zero-order chi connectivity index (χ0) is 21.9. The van der Waals surface area contributed by atoms with Crippen LogP contribution in [-0.4, -0.2) is 67.4 Å². The molecule has 0 aliphatic carbocycles. The van der Waals surface area contributed by atoms with Crippen molar-refractivity contribution in [2.24, 2.45) is 0 Å². The molecule has 2 fully saturated rings. The molecule has 0 unspecified atom stereocenters. The summed E-state index contributed by atoms with van der Waals surface area (Å²) in [5, 5.41) is 1.37. The summed E-state index contributed by atoms with van der Waals surface area (Å²) in [4.78, 5) is 21.0. The number of anilines is 3. The van der Waals surface area contributed by atoms with E-state index in [1.807, 2.05) is 36.4 Å². The van der Waals surface area contributed by atoms with E-state index in [1.54, 1.807) is 6.20 Å². The van der Waals surface area contributed by atoms with Crippen LogP contribution < -0.4 is 14.7 Å². The van der Waals surface area contributed by atoms with E-state index in [0.29, 0.717) is 23.3 Å². The molecule has 2 aliphatic heterocycles. The van der Waals surface area contributed by atoms with Gasteiger partial charge in [0.25, 0.3) is 0 Å². The molecule has 2 saturated heterocycles. The normalized spacial score (nSPS) is 17.0. The van der Waals surface area contributed by atoms with Gasteiger partial charge in [0.05, 0.1) is 23.9 Å². The Balaban J connectivity index is 1.42. The molecule has 0 atom stereocenters. The van der Waals surface area contributed by atoms with E-state index in [1.165, 1.54) is 0 Å². The standard InChI is InChI=1S/C23H24Cl2N6O/c24-18-4-1-3-17(15-18)20-16-21(28-23(27-20)31-11-13-32-14-12-31)29-7-9-30(10-8-29)22-19(25)5-2-6-26-22/h1-6,15-16H,7-14H2. The second-order valence-electron chi connectivity index (χ2n) is 7.80. The van der Waals surface area contributed by atoms with Gasteiger partial charge in [-0.1, -0.05) is 35.3 Å². The first kappa shape index (κ1) is 21.2. The molecule has 2 aliphatic rings. The lowest BCUT2D eigenvalue weighted by Crippen LogP contribution is -2.47. The molecule has 0 spiro atoms. The minimum absolute atomic E-state index is 0.681. The van der Waals surface area contributed by atoms with Crippen LogP contribution in [0.5, 0.6) is 0 Å². The maximum atomic E-state index is 6.35. The van der Waals surface area contributed by atoms with Crippen LogP contribution in [0.2, 0.25) is 10.0 Å². The van der Waals surface area contributed by atoms with Gasteiger partial charge in [-0.2, -0.15) is 4.98 Å². The first-order valence-electron chi connectivity index (χ1n) is 10.8. The van der Waals surface area contributed by atoms with Crippen molar-refractivity contribution in [1.29, 1.82) is 0 Å². The number of halogens is 2. The molecule has 9 heteroatoms. The third kappa shape index (κ3) is 4.60. The lowest BCUT2D eigenvalue weighted by atomic mass is 10.1. The highest BCUT2D eigenvalue weighted by atomic mass is 35.5. The zero-order valence-corrected chi connectivity index (χ0v) is 19.1. The second kappa shape index (κ2) is 9.48. The summed E-state index contributed by atoms with van der Waals surface area (Å²) in [6.07, 6.45) is 1.78. The molecule has 4 heterocycles. The van der Waals surface area contributed by atoms with E-state index < -0.39 is 0 Å². The van der Waals surface area contributed by atoms with Gasteiger partial charge in [-0.05, 0) is 24.3 Å². The van der Waals surface area contributed by atoms with Crippen molar-refractivity contribution in [2.45, 2.75) is 0 Å². The SMILES string of the molecule is Clc1cccc(-c2cc(N3CCN(c4ncccc4Cl)CC3)nc(N3CCOCC3)n2)c1. The second-order valence-corrected chi connectivity index (χ2v) is 8.65. The van der Waals surface area contributed by atoms with Crippen LogP contribution in [0, 0.1) is 0 Å². The van der Waals surface area contributed by atoms with Gasteiger partial charge in [0.2, 0.25) is 5.95 Å². The number of hydrogen-bond donors (Lipinski definition) is 0. The molecule has 0 amide bonds. The molecule has 0 radical (unpaired) electrons. The summed E-state index contributed by atoms with van der Waals surface area (Å²) in [5.41, 5.74) is 1.85.